The lowest BCUT2D eigenvalue weighted by atomic mass is 9.88. The number of carbonyl (C=O) groups excluding carboxylic acids is 1. The van der Waals surface area contributed by atoms with Crippen LogP contribution in [0.5, 0.6) is 0 Å². The van der Waals surface area contributed by atoms with Gasteiger partial charge in [0.25, 0.3) is 0 Å². The summed E-state index contributed by atoms with van der Waals surface area (Å²) < 4.78 is 0. The molecule has 0 spiro atoms. The van der Waals surface area contributed by atoms with Gasteiger partial charge < -0.3 is 21.2 Å². The van der Waals surface area contributed by atoms with Gasteiger partial charge in [-0.3, -0.25) is 9.69 Å². The van der Waals surface area contributed by atoms with E-state index in [1.807, 2.05) is 29.2 Å². The van der Waals surface area contributed by atoms with E-state index in [0.717, 1.165) is 69.8 Å². The van der Waals surface area contributed by atoms with Crippen LogP contribution in [0.1, 0.15) is 36.9 Å². The highest BCUT2D eigenvalue weighted by molar-refractivity contribution is 5.88. The fourth-order valence-corrected chi connectivity index (χ4v) is 5.03. The van der Waals surface area contributed by atoms with Gasteiger partial charge in [-0.1, -0.05) is 11.2 Å². The molecule has 2 aliphatic rings. The first-order chi connectivity index (χ1) is 16.5. The number of pyridine rings is 2. The minimum absolute atomic E-state index is 0.110. The predicted octanol–water partition coefficient (Wildman–Crippen LogP) is 2.34. The zero-order chi connectivity index (χ0) is 23.9. The van der Waals surface area contributed by atoms with Crippen molar-refractivity contribution in [2.45, 2.75) is 38.6 Å². The number of anilines is 2. The zero-order valence-corrected chi connectivity index (χ0v) is 19.9. The summed E-state index contributed by atoms with van der Waals surface area (Å²) in [7, 11) is 1.57. The molecule has 2 aromatic heterocycles. The fourth-order valence-electron chi connectivity index (χ4n) is 5.03. The number of nitrogens with zero attached hydrogens (tertiary/aromatic N) is 5. The van der Waals surface area contributed by atoms with Crippen LogP contribution >= 0.6 is 0 Å². The number of hydrogen-bond donors (Lipinski definition) is 2. The average Bonchev–Trinajstić information content (AvgIpc) is 2.84. The first kappa shape index (κ1) is 23.9. The molecule has 2 saturated heterocycles. The highest BCUT2D eigenvalue weighted by atomic mass is 16.6. The van der Waals surface area contributed by atoms with E-state index < -0.39 is 0 Å². The first-order valence-electron chi connectivity index (χ1n) is 12.0. The van der Waals surface area contributed by atoms with E-state index >= 15 is 0 Å². The maximum Gasteiger partial charge on any atom is 0.225 e. The molecule has 2 aromatic rings. The van der Waals surface area contributed by atoms with E-state index in [9.17, 15) is 4.79 Å². The van der Waals surface area contributed by atoms with Crippen molar-refractivity contribution < 1.29 is 9.63 Å². The number of carbonyl (C=O) groups is 1. The Balaban J connectivity index is 1.25. The maximum atomic E-state index is 13.2. The number of nitrogens with two attached hydrogens (primary N) is 2. The number of hydrogen-bond acceptors (Lipinski definition) is 8. The van der Waals surface area contributed by atoms with E-state index in [-0.39, 0.29) is 11.8 Å². The normalized spacial score (nSPS) is 18.7. The van der Waals surface area contributed by atoms with Crippen LogP contribution in [0.25, 0.3) is 0 Å². The second-order valence-electron chi connectivity index (χ2n) is 9.23. The molecule has 1 amide bonds. The van der Waals surface area contributed by atoms with Crippen molar-refractivity contribution in [3.63, 3.8) is 0 Å². The van der Waals surface area contributed by atoms with Crippen molar-refractivity contribution in [1.82, 2.24) is 19.8 Å². The quantitative estimate of drug-likeness (QED) is 0.475. The molecule has 0 unspecified atom stereocenters. The lowest BCUT2D eigenvalue weighted by Gasteiger charge is -2.37. The number of nitrogen functional groups attached to an aromatic ring is 2. The Morgan fingerprint density at radius 2 is 1.79 bits per heavy atom. The zero-order valence-electron chi connectivity index (χ0n) is 19.9. The molecule has 0 saturated carbocycles. The van der Waals surface area contributed by atoms with Gasteiger partial charge in [0, 0.05) is 49.8 Å². The van der Waals surface area contributed by atoms with Crippen LogP contribution in [-0.4, -0.2) is 64.7 Å². The summed E-state index contributed by atoms with van der Waals surface area (Å²) in [5, 5.41) is 4.30. The van der Waals surface area contributed by atoms with Gasteiger partial charge in [-0.05, 0) is 68.6 Å². The van der Waals surface area contributed by atoms with Gasteiger partial charge in [-0.25, -0.2) is 9.97 Å². The second-order valence-corrected chi connectivity index (χ2v) is 9.23. The van der Waals surface area contributed by atoms with Crippen LogP contribution < -0.4 is 11.5 Å². The second kappa shape index (κ2) is 11.3. The predicted molar refractivity (Wildman–Crippen MR) is 133 cm³/mol. The summed E-state index contributed by atoms with van der Waals surface area (Å²) in [6, 6.07) is 9.56. The topological polar surface area (TPSA) is 123 Å². The third kappa shape index (κ3) is 6.22. The van der Waals surface area contributed by atoms with E-state index in [0.29, 0.717) is 24.0 Å². The Hall–Kier alpha value is -3.20. The summed E-state index contributed by atoms with van der Waals surface area (Å²) in [6.07, 6.45) is 5.93. The molecule has 0 radical (unpaired) electrons. The van der Waals surface area contributed by atoms with Gasteiger partial charge in [0.1, 0.15) is 18.7 Å². The molecule has 182 valence electrons. The van der Waals surface area contributed by atoms with Crippen molar-refractivity contribution >= 4 is 23.3 Å². The van der Waals surface area contributed by atoms with Crippen LogP contribution in [0.4, 0.5) is 11.6 Å². The lowest BCUT2D eigenvalue weighted by molar-refractivity contribution is -0.138. The molecule has 2 fully saturated rings. The number of oxime groups is 1. The highest BCUT2D eigenvalue weighted by Gasteiger charge is 2.32. The van der Waals surface area contributed by atoms with Crippen molar-refractivity contribution in [1.29, 1.82) is 0 Å². The fraction of sp³-hybridized carbons (Fsp3) is 0.520. The molecule has 0 aromatic carbocycles. The number of piperidine rings is 2. The van der Waals surface area contributed by atoms with Crippen molar-refractivity contribution in [3.05, 3.63) is 47.8 Å². The summed E-state index contributed by atoms with van der Waals surface area (Å²) in [5.74, 6) is 1.74. The summed E-state index contributed by atoms with van der Waals surface area (Å²) in [4.78, 5) is 31.2. The van der Waals surface area contributed by atoms with Crippen LogP contribution in [0.15, 0.2) is 41.7 Å². The summed E-state index contributed by atoms with van der Waals surface area (Å²) in [5.41, 5.74) is 14.6. The standard InChI is InChI=1S/C25H35N7O2/c1-34-30-22(16-21-3-2-4-23(26)29-21)19-8-13-32(14-9-19)25(33)20-6-11-31(12-7-20)17-18-5-10-28-24(27)15-18/h2-5,10,15,19-20H,6-9,11-14,16-17H2,1H3,(H2,26,29)(H2,27,28)/b30-22-. The minimum atomic E-state index is 0.110. The third-order valence-electron chi connectivity index (χ3n) is 6.87. The molecule has 0 atom stereocenters. The van der Waals surface area contributed by atoms with Gasteiger partial charge in [-0.15, -0.1) is 0 Å². The summed E-state index contributed by atoms with van der Waals surface area (Å²) >= 11 is 0. The Labute approximate surface area is 201 Å². The van der Waals surface area contributed by atoms with Crippen LogP contribution in [0.3, 0.4) is 0 Å². The van der Waals surface area contributed by atoms with Crippen molar-refractivity contribution in [3.8, 4) is 0 Å². The number of aromatic nitrogens is 2. The van der Waals surface area contributed by atoms with E-state index in [1.54, 1.807) is 19.4 Å². The Morgan fingerprint density at radius 1 is 1.06 bits per heavy atom. The molecule has 2 aliphatic heterocycles. The molecule has 4 heterocycles. The Kier molecular flexibility index (Phi) is 7.95. The maximum absolute atomic E-state index is 13.2. The molecule has 4 N–H and O–H groups in total. The minimum Gasteiger partial charge on any atom is -0.399 e. The van der Waals surface area contributed by atoms with Crippen LogP contribution in [0, 0.1) is 11.8 Å². The van der Waals surface area contributed by atoms with E-state index in [1.165, 1.54) is 5.56 Å². The number of rotatable bonds is 7. The van der Waals surface area contributed by atoms with Gasteiger partial charge in [0.2, 0.25) is 5.91 Å². The van der Waals surface area contributed by atoms with Crippen molar-refractivity contribution in [2.24, 2.45) is 17.0 Å². The van der Waals surface area contributed by atoms with Gasteiger partial charge in [0.15, 0.2) is 0 Å². The number of amides is 1. The lowest BCUT2D eigenvalue weighted by Crippen LogP contribution is -2.46. The molecular weight excluding hydrogens is 430 g/mol. The third-order valence-corrected chi connectivity index (χ3v) is 6.87. The largest absolute Gasteiger partial charge is 0.399 e. The molecule has 9 nitrogen and oxygen atoms in total. The van der Waals surface area contributed by atoms with E-state index in [2.05, 4.69) is 20.0 Å². The van der Waals surface area contributed by atoms with E-state index in [4.69, 9.17) is 16.3 Å². The smallest absolute Gasteiger partial charge is 0.225 e. The monoisotopic (exact) mass is 465 g/mol. The Morgan fingerprint density at radius 3 is 2.47 bits per heavy atom. The molecule has 4 rings (SSSR count). The molecule has 0 aliphatic carbocycles. The van der Waals surface area contributed by atoms with Gasteiger partial charge in [0.05, 0.1) is 5.71 Å². The molecule has 34 heavy (non-hydrogen) atoms. The highest BCUT2D eigenvalue weighted by Crippen LogP contribution is 2.26. The Bertz CT molecular complexity index is 996. The van der Waals surface area contributed by atoms with Crippen LogP contribution in [-0.2, 0) is 22.6 Å². The van der Waals surface area contributed by atoms with Crippen LogP contribution in [0.2, 0.25) is 0 Å². The number of likely N-dealkylation sites (tertiary alicyclic amines) is 2. The SMILES string of the molecule is CO/N=C(/Cc1cccc(N)n1)C1CCN(C(=O)C2CCN(Cc3ccnc(N)c3)CC2)CC1. The molecular formula is C25H35N7O2. The first-order valence-corrected chi connectivity index (χ1v) is 12.0. The average molecular weight is 466 g/mol. The van der Waals surface area contributed by atoms with Gasteiger partial charge in [-0.2, -0.15) is 0 Å². The van der Waals surface area contributed by atoms with Gasteiger partial charge >= 0.3 is 0 Å². The summed E-state index contributed by atoms with van der Waals surface area (Å²) in [6.45, 7) is 4.21. The molecule has 0 bridgehead atoms. The molecule has 9 heteroatoms. The van der Waals surface area contributed by atoms with Crippen molar-refractivity contribution in [2.75, 3.05) is 44.8 Å².